The van der Waals surface area contributed by atoms with E-state index in [9.17, 15) is 29.3 Å². The summed E-state index contributed by atoms with van der Waals surface area (Å²) in [5.41, 5.74) is -0.784. The summed E-state index contributed by atoms with van der Waals surface area (Å²) in [7, 11) is -4.83. The average Bonchev–Trinajstić information content (AvgIpc) is 3.05. The van der Waals surface area contributed by atoms with Gasteiger partial charge in [0, 0.05) is 28.8 Å². The second kappa shape index (κ2) is 7.06. The number of phosphoric acid groups is 1. The number of benzene rings is 3. The van der Waals surface area contributed by atoms with Crippen molar-refractivity contribution in [1.82, 2.24) is 0 Å². The Morgan fingerprint density at radius 1 is 0.939 bits per heavy atom. The molecule has 2 aliphatic rings. The zero-order valence-corrected chi connectivity index (χ0v) is 17.3. The van der Waals surface area contributed by atoms with Gasteiger partial charge < -0.3 is 24.2 Å². The fourth-order valence-electron chi connectivity index (χ4n) is 4.00. The number of aromatic hydroxyl groups is 2. The summed E-state index contributed by atoms with van der Waals surface area (Å²) in [4.78, 5) is 34.7. The van der Waals surface area contributed by atoms with Crippen LogP contribution in [-0.2, 0) is 24.1 Å². The molecule has 0 saturated carbocycles. The van der Waals surface area contributed by atoms with Gasteiger partial charge in [-0.2, -0.15) is 4.62 Å². The zero-order valence-electron chi connectivity index (χ0n) is 16.4. The number of nitrogens with two attached hydrogens (primary N) is 1. The highest BCUT2D eigenvalue weighted by Crippen LogP contribution is 2.57. The summed E-state index contributed by atoms with van der Waals surface area (Å²) in [6.07, 6.45) is 0. The fraction of sp³-hybridized carbons (Fsp3) is 0.0476. The van der Waals surface area contributed by atoms with Gasteiger partial charge in [0.05, 0.1) is 11.1 Å². The molecule has 2 heterocycles. The second-order valence-electron chi connectivity index (χ2n) is 7.25. The van der Waals surface area contributed by atoms with Crippen molar-refractivity contribution < 1.29 is 47.9 Å². The van der Waals surface area contributed by atoms with E-state index in [1.165, 1.54) is 54.6 Å². The van der Waals surface area contributed by atoms with Crippen LogP contribution in [0.15, 0.2) is 54.6 Å². The molecule has 0 radical (unpaired) electrons. The summed E-state index contributed by atoms with van der Waals surface area (Å²) >= 11 is 0. The highest BCUT2D eigenvalue weighted by atomic mass is 31.2. The normalized spacial score (nSPS) is 16.6. The molecule has 0 aromatic heterocycles. The van der Waals surface area contributed by atoms with Crippen LogP contribution in [0, 0.1) is 0 Å². The molecule has 33 heavy (non-hydrogen) atoms. The molecule has 1 atom stereocenters. The summed E-state index contributed by atoms with van der Waals surface area (Å²) < 4.78 is 31.5. The van der Waals surface area contributed by atoms with E-state index in [0.29, 0.717) is 11.1 Å². The molecule has 168 valence electrons. The lowest BCUT2D eigenvalue weighted by atomic mass is 9.77. The molecule has 3 aromatic carbocycles. The van der Waals surface area contributed by atoms with E-state index in [2.05, 4.69) is 15.0 Å². The molecule has 1 unspecified atom stereocenters. The molecular weight excluding hydrogens is 457 g/mol. The lowest BCUT2D eigenvalue weighted by molar-refractivity contribution is 0.0224. The number of esters is 1. The van der Waals surface area contributed by atoms with Crippen molar-refractivity contribution >= 4 is 19.8 Å². The standard InChI is InChI=1S/C21H14NO10P/c22-32-33(27,28)31-19(25)10-1-4-13-16(7-10)21(30-20(13)26)14-5-2-11(23)8-17(14)29-18-9-12(24)3-6-15(18)21/h1-9,23-24H,22H2,(H,27,28). The summed E-state index contributed by atoms with van der Waals surface area (Å²) in [6.45, 7) is 0. The molecule has 5 N–H and O–H groups in total. The molecule has 0 saturated heterocycles. The van der Waals surface area contributed by atoms with Crippen molar-refractivity contribution in [2.45, 2.75) is 5.60 Å². The van der Waals surface area contributed by atoms with Gasteiger partial charge in [0.2, 0.25) is 0 Å². The minimum absolute atomic E-state index is 0.116. The third kappa shape index (κ3) is 3.14. The Hall–Kier alpha value is -3.89. The van der Waals surface area contributed by atoms with Crippen LogP contribution in [0.1, 0.15) is 37.4 Å². The van der Waals surface area contributed by atoms with Gasteiger partial charge in [-0.15, -0.1) is 0 Å². The van der Waals surface area contributed by atoms with E-state index in [4.69, 9.17) is 9.47 Å². The first-order chi connectivity index (χ1) is 15.6. The predicted molar refractivity (Wildman–Crippen MR) is 109 cm³/mol. The third-order valence-corrected chi connectivity index (χ3v) is 6.00. The van der Waals surface area contributed by atoms with Crippen molar-refractivity contribution in [2.75, 3.05) is 0 Å². The van der Waals surface area contributed by atoms with E-state index in [1.54, 1.807) is 0 Å². The predicted octanol–water partition coefficient (Wildman–Crippen LogP) is 2.81. The van der Waals surface area contributed by atoms with Crippen LogP contribution in [0.3, 0.4) is 0 Å². The number of ether oxygens (including phenoxy) is 2. The number of rotatable bonds is 3. The van der Waals surface area contributed by atoms with Crippen LogP contribution in [-0.4, -0.2) is 27.0 Å². The maximum absolute atomic E-state index is 12.8. The molecule has 0 aliphatic carbocycles. The van der Waals surface area contributed by atoms with Crippen molar-refractivity contribution in [3.63, 3.8) is 0 Å². The van der Waals surface area contributed by atoms with Gasteiger partial charge >= 0.3 is 19.8 Å². The van der Waals surface area contributed by atoms with Gasteiger partial charge in [0.1, 0.15) is 23.0 Å². The Bertz CT molecular complexity index is 1350. The Kier molecular flexibility index (Phi) is 4.49. The van der Waals surface area contributed by atoms with Gasteiger partial charge in [0.25, 0.3) is 0 Å². The number of fused-ring (bicyclic) bond motifs is 6. The van der Waals surface area contributed by atoms with Gasteiger partial charge in [-0.3, -0.25) is 4.89 Å². The molecule has 1 spiro atoms. The molecular formula is C21H14NO10P. The van der Waals surface area contributed by atoms with E-state index >= 15 is 0 Å². The Morgan fingerprint density at radius 3 is 2.12 bits per heavy atom. The summed E-state index contributed by atoms with van der Waals surface area (Å²) in [5.74, 6) is 2.81. The monoisotopic (exact) mass is 471 g/mol. The number of hydrogen-bond donors (Lipinski definition) is 4. The molecule has 2 aliphatic heterocycles. The SMILES string of the molecule is NOP(=O)(O)OC(=O)c1ccc2c(c1)C1(OC2=O)c2ccc(O)cc2Oc2cc(O)ccc21. The van der Waals surface area contributed by atoms with E-state index in [0.717, 1.165) is 0 Å². The number of phosphoric ester groups is 1. The molecule has 0 amide bonds. The largest absolute Gasteiger partial charge is 0.546 e. The Morgan fingerprint density at radius 2 is 1.55 bits per heavy atom. The highest BCUT2D eigenvalue weighted by Gasteiger charge is 2.54. The number of phenolic OH excluding ortho intramolecular Hbond substituents is 2. The molecule has 0 bridgehead atoms. The van der Waals surface area contributed by atoms with Crippen LogP contribution in [0.2, 0.25) is 0 Å². The minimum Gasteiger partial charge on any atom is -0.508 e. The zero-order chi connectivity index (χ0) is 23.5. The van der Waals surface area contributed by atoms with E-state index in [-0.39, 0.29) is 39.7 Å². The molecule has 0 fully saturated rings. The topological polar surface area (TPSA) is 175 Å². The first kappa shape index (κ1) is 21.0. The van der Waals surface area contributed by atoms with Crippen LogP contribution in [0.5, 0.6) is 23.0 Å². The highest BCUT2D eigenvalue weighted by molar-refractivity contribution is 7.48. The van der Waals surface area contributed by atoms with Gasteiger partial charge in [-0.1, -0.05) is 0 Å². The van der Waals surface area contributed by atoms with Crippen LogP contribution < -0.4 is 10.6 Å². The second-order valence-corrected chi connectivity index (χ2v) is 8.58. The van der Waals surface area contributed by atoms with E-state index in [1.807, 2.05) is 0 Å². The number of hydrogen-bond acceptors (Lipinski definition) is 10. The fourth-order valence-corrected chi connectivity index (χ4v) is 4.36. The number of carbonyl (C=O) groups is 2. The lowest BCUT2D eigenvalue weighted by Crippen LogP contribution is -2.33. The lowest BCUT2D eigenvalue weighted by Gasteiger charge is -2.36. The van der Waals surface area contributed by atoms with Crippen LogP contribution >= 0.6 is 7.82 Å². The van der Waals surface area contributed by atoms with E-state index < -0.39 is 25.4 Å². The number of phenols is 2. The third-order valence-electron chi connectivity index (χ3n) is 5.34. The summed E-state index contributed by atoms with van der Waals surface area (Å²) in [5, 5.41) is 19.9. The van der Waals surface area contributed by atoms with Gasteiger partial charge in [-0.05, 0) is 42.5 Å². The maximum atomic E-state index is 12.8. The molecule has 11 nitrogen and oxygen atoms in total. The minimum atomic E-state index is -4.83. The number of carbonyl (C=O) groups excluding carboxylic acids is 2. The Balaban J connectivity index is 1.76. The molecule has 3 aromatic rings. The van der Waals surface area contributed by atoms with Crippen molar-refractivity contribution in [2.24, 2.45) is 5.90 Å². The molecule has 12 heteroatoms. The maximum Gasteiger partial charge on any atom is 0.546 e. The van der Waals surface area contributed by atoms with Crippen molar-refractivity contribution in [1.29, 1.82) is 0 Å². The first-order valence-corrected chi connectivity index (χ1v) is 10.8. The van der Waals surface area contributed by atoms with Crippen molar-refractivity contribution in [3.05, 3.63) is 82.4 Å². The van der Waals surface area contributed by atoms with Crippen LogP contribution in [0.4, 0.5) is 0 Å². The first-order valence-electron chi connectivity index (χ1n) is 9.32. The van der Waals surface area contributed by atoms with Gasteiger partial charge in [0.15, 0.2) is 5.60 Å². The average molecular weight is 471 g/mol. The van der Waals surface area contributed by atoms with Crippen molar-refractivity contribution in [3.8, 4) is 23.0 Å². The Labute approximate surface area is 185 Å². The quantitative estimate of drug-likeness (QED) is 0.251. The van der Waals surface area contributed by atoms with Gasteiger partial charge in [-0.25, -0.2) is 20.1 Å². The van der Waals surface area contributed by atoms with Crippen LogP contribution in [0.25, 0.3) is 0 Å². The summed E-state index contributed by atoms with van der Waals surface area (Å²) in [6, 6.07) is 12.2. The smallest absolute Gasteiger partial charge is 0.508 e. The molecule has 5 rings (SSSR count).